The summed E-state index contributed by atoms with van der Waals surface area (Å²) in [6, 6.07) is 8.28. The molecule has 0 spiro atoms. The zero-order valence-electron chi connectivity index (χ0n) is 10.8. The fourth-order valence-electron chi connectivity index (χ4n) is 1.52. The number of thioether (sulfide) groups is 1. The van der Waals surface area contributed by atoms with E-state index in [4.69, 9.17) is 5.73 Å². The van der Waals surface area contributed by atoms with Crippen molar-refractivity contribution in [3.63, 3.8) is 0 Å². The van der Waals surface area contributed by atoms with Crippen molar-refractivity contribution in [2.75, 3.05) is 16.8 Å². The van der Waals surface area contributed by atoms with Crippen LogP contribution in [-0.2, 0) is 4.79 Å². The molecule has 1 aromatic heterocycles. The summed E-state index contributed by atoms with van der Waals surface area (Å²) in [5, 5.41) is 3.17. The fraction of sp³-hybridized carbons (Fsp3) is 0.154. The van der Waals surface area contributed by atoms with Gasteiger partial charge in [0, 0.05) is 23.1 Å². The summed E-state index contributed by atoms with van der Waals surface area (Å²) in [7, 11) is 0. The molecule has 2 aromatic rings. The first kappa shape index (κ1) is 14.1. The van der Waals surface area contributed by atoms with Gasteiger partial charge < -0.3 is 16.0 Å². The molecule has 1 heterocycles. The van der Waals surface area contributed by atoms with Crippen LogP contribution in [0.25, 0.3) is 0 Å². The van der Waals surface area contributed by atoms with Crippen LogP contribution in [0.1, 0.15) is 5.69 Å². The number of benzene rings is 1. The summed E-state index contributed by atoms with van der Waals surface area (Å²) >= 11 is 1.18. The number of aromatic amines is 1. The number of anilines is 2. The van der Waals surface area contributed by atoms with Gasteiger partial charge in [-0.05, 0) is 31.2 Å². The maximum absolute atomic E-state index is 11.8. The number of nitrogens with two attached hydrogens (primary N) is 1. The Labute approximate surface area is 119 Å². The Balaban J connectivity index is 1.92. The van der Waals surface area contributed by atoms with Crippen LogP contribution in [0.5, 0.6) is 0 Å². The number of hydrogen-bond donors (Lipinski definition) is 3. The van der Waals surface area contributed by atoms with Crippen LogP contribution in [0.3, 0.4) is 0 Å². The average molecular weight is 290 g/mol. The van der Waals surface area contributed by atoms with Gasteiger partial charge in [-0.15, -0.1) is 0 Å². The number of aryl methyl sites for hydroxylation is 1. The Hall–Kier alpha value is -2.28. The zero-order valence-corrected chi connectivity index (χ0v) is 11.7. The van der Waals surface area contributed by atoms with Gasteiger partial charge in [-0.25, -0.2) is 4.98 Å². The van der Waals surface area contributed by atoms with E-state index in [-0.39, 0.29) is 17.2 Å². The van der Waals surface area contributed by atoms with Crippen LogP contribution in [0.2, 0.25) is 0 Å². The minimum Gasteiger partial charge on any atom is -0.399 e. The Kier molecular flexibility index (Phi) is 4.41. The van der Waals surface area contributed by atoms with Crippen molar-refractivity contribution in [3.8, 4) is 0 Å². The minimum atomic E-state index is -0.223. The van der Waals surface area contributed by atoms with E-state index in [0.29, 0.717) is 22.2 Å². The first-order chi connectivity index (χ1) is 9.52. The molecule has 104 valence electrons. The summed E-state index contributed by atoms with van der Waals surface area (Å²) in [6.45, 7) is 1.73. The molecule has 0 atom stereocenters. The predicted molar refractivity (Wildman–Crippen MR) is 79.8 cm³/mol. The molecule has 0 unspecified atom stereocenters. The van der Waals surface area contributed by atoms with Gasteiger partial charge in [0.15, 0.2) is 5.16 Å². The summed E-state index contributed by atoms with van der Waals surface area (Å²) < 4.78 is 0. The number of rotatable bonds is 4. The Morgan fingerprint density at radius 3 is 2.75 bits per heavy atom. The number of amides is 1. The maximum Gasteiger partial charge on any atom is 0.251 e. The van der Waals surface area contributed by atoms with Crippen molar-refractivity contribution < 1.29 is 4.79 Å². The second-order valence-corrected chi connectivity index (χ2v) is 5.11. The minimum absolute atomic E-state index is 0.163. The molecule has 0 aliphatic heterocycles. The molecule has 0 radical (unpaired) electrons. The fourth-order valence-corrected chi connectivity index (χ4v) is 2.24. The Morgan fingerprint density at radius 1 is 1.40 bits per heavy atom. The van der Waals surface area contributed by atoms with E-state index < -0.39 is 0 Å². The van der Waals surface area contributed by atoms with Gasteiger partial charge in [0.05, 0.1) is 5.75 Å². The van der Waals surface area contributed by atoms with Crippen LogP contribution < -0.4 is 16.6 Å². The Morgan fingerprint density at radius 2 is 2.10 bits per heavy atom. The Bertz CT molecular complexity index is 667. The molecule has 0 aliphatic carbocycles. The molecule has 7 heteroatoms. The lowest BCUT2D eigenvalue weighted by Crippen LogP contribution is -2.15. The highest BCUT2D eigenvalue weighted by atomic mass is 32.2. The number of carbonyl (C=O) groups is 1. The monoisotopic (exact) mass is 290 g/mol. The van der Waals surface area contributed by atoms with Crippen LogP contribution in [0.4, 0.5) is 11.4 Å². The molecule has 2 rings (SSSR count). The van der Waals surface area contributed by atoms with E-state index >= 15 is 0 Å². The van der Waals surface area contributed by atoms with Gasteiger partial charge in [0.25, 0.3) is 5.56 Å². The van der Waals surface area contributed by atoms with E-state index in [1.165, 1.54) is 17.8 Å². The van der Waals surface area contributed by atoms with Crippen LogP contribution in [0, 0.1) is 6.92 Å². The number of carbonyl (C=O) groups excluding carboxylic acids is 1. The number of hydrogen-bond acceptors (Lipinski definition) is 5. The van der Waals surface area contributed by atoms with Crippen LogP contribution >= 0.6 is 11.8 Å². The van der Waals surface area contributed by atoms with Crippen molar-refractivity contribution in [2.24, 2.45) is 0 Å². The molecule has 20 heavy (non-hydrogen) atoms. The quantitative estimate of drug-likeness (QED) is 0.449. The molecule has 4 N–H and O–H groups in total. The van der Waals surface area contributed by atoms with Crippen LogP contribution in [0.15, 0.2) is 40.3 Å². The smallest absolute Gasteiger partial charge is 0.251 e. The SMILES string of the molecule is Cc1cc(=O)[nH]c(SCC(=O)Nc2ccc(N)cc2)n1. The first-order valence-electron chi connectivity index (χ1n) is 5.89. The van der Waals surface area contributed by atoms with Crippen LogP contribution in [-0.4, -0.2) is 21.6 Å². The predicted octanol–water partition coefficient (Wildman–Crippen LogP) is 1.39. The molecular weight excluding hydrogens is 276 g/mol. The lowest BCUT2D eigenvalue weighted by molar-refractivity contribution is -0.113. The number of H-pyrrole nitrogens is 1. The van der Waals surface area contributed by atoms with Crippen molar-refractivity contribution >= 4 is 29.0 Å². The third kappa shape index (κ3) is 4.13. The van der Waals surface area contributed by atoms with E-state index in [9.17, 15) is 9.59 Å². The van der Waals surface area contributed by atoms with Gasteiger partial charge in [-0.3, -0.25) is 9.59 Å². The molecule has 1 amide bonds. The number of aromatic nitrogens is 2. The molecule has 0 aliphatic rings. The van der Waals surface area contributed by atoms with Gasteiger partial charge in [-0.1, -0.05) is 11.8 Å². The highest BCUT2D eigenvalue weighted by molar-refractivity contribution is 7.99. The van der Waals surface area contributed by atoms with E-state index in [2.05, 4.69) is 15.3 Å². The summed E-state index contributed by atoms with van der Waals surface area (Å²) in [5.74, 6) is -0.0135. The third-order valence-corrected chi connectivity index (χ3v) is 3.26. The van der Waals surface area contributed by atoms with E-state index in [1.807, 2.05) is 0 Å². The van der Waals surface area contributed by atoms with Gasteiger partial charge in [-0.2, -0.15) is 0 Å². The number of nitrogens with zero attached hydrogens (tertiary/aromatic N) is 1. The molecule has 0 saturated heterocycles. The third-order valence-electron chi connectivity index (χ3n) is 2.38. The number of nitrogens with one attached hydrogen (secondary N) is 2. The lowest BCUT2D eigenvalue weighted by Gasteiger charge is -2.05. The molecule has 0 bridgehead atoms. The topological polar surface area (TPSA) is 101 Å². The summed E-state index contributed by atoms with van der Waals surface area (Å²) in [5.41, 5.74) is 7.27. The maximum atomic E-state index is 11.8. The largest absolute Gasteiger partial charge is 0.399 e. The molecule has 6 nitrogen and oxygen atoms in total. The zero-order chi connectivity index (χ0) is 14.5. The van der Waals surface area contributed by atoms with E-state index in [1.54, 1.807) is 31.2 Å². The standard InChI is InChI=1S/C13H14N4O2S/c1-8-6-11(18)17-13(15-8)20-7-12(19)16-10-4-2-9(14)3-5-10/h2-6H,7,14H2,1H3,(H,16,19)(H,15,17,18). The molecule has 0 saturated carbocycles. The molecule has 0 fully saturated rings. The normalized spacial score (nSPS) is 10.2. The van der Waals surface area contributed by atoms with Crippen molar-refractivity contribution in [1.82, 2.24) is 9.97 Å². The summed E-state index contributed by atoms with van der Waals surface area (Å²) in [4.78, 5) is 29.7. The average Bonchev–Trinajstić information content (AvgIpc) is 2.38. The first-order valence-corrected chi connectivity index (χ1v) is 6.87. The highest BCUT2D eigenvalue weighted by Crippen LogP contribution is 2.14. The highest BCUT2D eigenvalue weighted by Gasteiger charge is 2.05. The van der Waals surface area contributed by atoms with Gasteiger partial charge in [0.1, 0.15) is 0 Å². The van der Waals surface area contributed by atoms with Crippen molar-refractivity contribution in [1.29, 1.82) is 0 Å². The second kappa shape index (κ2) is 6.25. The van der Waals surface area contributed by atoms with Crippen molar-refractivity contribution in [2.45, 2.75) is 12.1 Å². The molecular formula is C13H14N4O2S. The number of nitrogen functional groups attached to an aromatic ring is 1. The second-order valence-electron chi connectivity index (χ2n) is 4.15. The summed E-state index contributed by atoms with van der Waals surface area (Å²) in [6.07, 6.45) is 0. The van der Waals surface area contributed by atoms with Crippen molar-refractivity contribution in [3.05, 3.63) is 46.4 Å². The van der Waals surface area contributed by atoms with Gasteiger partial charge >= 0.3 is 0 Å². The molecule has 1 aromatic carbocycles. The van der Waals surface area contributed by atoms with E-state index in [0.717, 1.165) is 0 Å². The van der Waals surface area contributed by atoms with Gasteiger partial charge in [0.2, 0.25) is 5.91 Å². The lowest BCUT2D eigenvalue weighted by atomic mass is 10.3.